The van der Waals surface area contributed by atoms with Crippen molar-refractivity contribution in [3.05, 3.63) is 24.3 Å². The predicted molar refractivity (Wildman–Crippen MR) is 203 cm³/mol. The van der Waals surface area contributed by atoms with E-state index in [1.165, 1.54) is 103 Å². The molecular weight excluding hydrogens is 639 g/mol. The molecule has 0 heterocycles. The van der Waals surface area contributed by atoms with Gasteiger partial charge in [0.2, 0.25) is 0 Å². The molecule has 2 atom stereocenters. The molecular formula is C40H75O8P. The van der Waals surface area contributed by atoms with Gasteiger partial charge in [0, 0.05) is 12.8 Å². The minimum Gasteiger partial charge on any atom is -0.462 e. The fourth-order valence-electron chi connectivity index (χ4n) is 5.54. The Morgan fingerprint density at radius 3 is 1.49 bits per heavy atom. The molecule has 49 heavy (non-hydrogen) atoms. The van der Waals surface area contributed by atoms with E-state index in [2.05, 4.69) is 38.2 Å². The highest BCUT2D eigenvalue weighted by Crippen LogP contribution is 2.43. The van der Waals surface area contributed by atoms with Crippen LogP contribution < -0.4 is 0 Å². The summed E-state index contributed by atoms with van der Waals surface area (Å²) in [5.74, 6) is -0.802. The Bertz CT molecular complexity index is 859. The van der Waals surface area contributed by atoms with Crippen molar-refractivity contribution in [3.8, 4) is 0 Å². The number of phosphoric ester groups is 1. The molecule has 0 rings (SSSR count). The van der Waals surface area contributed by atoms with Gasteiger partial charge in [-0.25, -0.2) is 4.57 Å². The first-order valence-corrected chi connectivity index (χ1v) is 21.6. The number of hydrogen-bond donors (Lipinski definition) is 1. The molecule has 0 aromatic carbocycles. The van der Waals surface area contributed by atoms with Crippen LogP contribution in [0.3, 0.4) is 0 Å². The number of allylic oxidation sites excluding steroid dienone is 4. The monoisotopic (exact) mass is 715 g/mol. The van der Waals surface area contributed by atoms with E-state index in [-0.39, 0.29) is 25.6 Å². The summed E-state index contributed by atoms with van der Waals surface area (Å²) in [5.41, 5.74) is 0. The second-order valence-corrected chi connectivity index (χ2v) is 14.8. The molecule has 0 radical (unpaired) electrons. The zero-order chi connectivity index (χ0) is 36.1. The van der Waals surface area contributed by atoms with Gasteiger partial charge in [-0.05, 0) is 51.9 Å². The van der Waals surface area contributed by atoms with Gasteiger partial charge in [-0.1, -0.05) is 154 Å². The Labute approximate surface area is 301 Å². The Kier molecular flexibility index (Phi) is 35.2. The molecule has 8 nitrogen and oxygen atoms in total. The van der Waals surface area contributed by atoms with Gasteiger partial charge in [0.25, 0.3) is 0 Å². The summed E-state index contributed by atoms with van der Waals surface area (Å²) in [7, 11) is -4.27. The van der Waals surface area contributed by atoms with Crippen LogP contribution in [0.2, 0.25) is 0 Å². The minimum atomic E-state index is -4.27. The van der Waals surface area contributed by atoms with Crippen molar-refractivity contribution in [2.45, 2.75) is 200 Å². The second kappa shape index (κ2) is 36.3. The quantitative estimate of drug-likeness (QED) is 0.0293. The molecule has 0 saturated heterocycles. The van der Waals surface area contributed by atoms with Crippen LogP contribution in [0.25, 0.3) is 0 Å². The Hall–Kier alpha value is -1.47. The topological polar surface area (TPSA) is 108 Å². The number of carbonyl (C=O) groups is 2. The van der Waals surface area contributed by atoms with Crippen molar-refractivity contribution in [1.29, 1.82) is 0 Å². The predicted octanol–water partition coefficient (Wildman–Crippen LogP) is 12.3. The number of carbonyl (C=O) groups excluding carboxylic acids is 2. The largest absolute Gasteiger partial charge is 0.472 e. The van der Waals surface area contributed by atoms with Crippen molar-refractivity contribution in [1.82, 2.24) is 0 Å². The van der Waals surface area contributed by atoms with Crippen LogP contribution in [0.1, 0.15) is 194 Å². The van der Waals surface area contributed by atoms with Gasteiger partial charge >= 0.3 is 19.8 Å². The number of esters is 2. The summed E-state index contributed by atoms with van der Waals surface area (Å²) in [5, 5.41) is 0. The first kappa shape index (κ1) is 47.5. The number of rotatable bonds is 37. The standard InChI is InChI=1S/C40H75O8P/c1-4-7-9-11-13-15-17-19-20-21-22-23-25-27-29-31-33-35-40(42)48-38(37-47-49(43,44)46-6-3)36-45-39(41)34-32-30-28-26-24-18-16-14-12-10-8-5-2/h13,15,19-20,38H,4-12,14,16-18,21-37H2,1-3H3,(H,43,44)/b15-13-,20-19-. The maximum atomic E-state index is 12.5. The smallest absolute Gasteiger partial charge is 0.462 e. The highest BCUT2D eigenvalue weighted by Gasteiger charge is 2.25. The third kappa shape index (κ3) is 36.1. The Morgan fingerprint density at radius 1 is 0.551 bits per heavy atom. The molecule has 0 aromatic rings. The van der Waals surface area contributed by atoms with Crippen molar-refractivity contribution in [2.24, 2.45) is 0 Å². The highest BCUT2D eigenvalue weighted by molar-refractivity contribution is 7.47. The van der Waals surface area contributed by atoms with Gasteiger partial charge < -0.3 is 14.4 Å². The molecule has 0 aliphatic rings. The summed E-state index contributed by atoms with van der Waals surface area (Å²) in [6, 6.07) is 0. The van der Waals surface area contributed by atoms with Gasteiger partial charge in [-0.15, -0.1) is 0 Å². The third-order valence-electron chi connectivity index (χ3n) is 8.51. The highest BCUT2D eigenvalue weighted by atomic mass is 31.2. The summed E-state index contributed by atoms with van der Waals surface area (Å²) in [6.07, 6.45) is 37.9. The minimum absolute atomic E-state index is 0.000435. The van der Waals surface area contributed by atoms with Crippen molar-refractivity contribution in [3.63, 3.8) is 0 Å². The van der Waals surface area contributed by atoms with E-state index in [1.54, 1.807) is 6.92 Å². The van der Waals surface area contributed by atoms with Crippen LogP contribution in [-0.2, 0) is 32.7 Å². The number of unbranched alkanes of at least 4 members (excludes halogenated alkanes) is 21. The number of hydrogen-bond acceptors (Lipinski definition) is 7. The summed E-state index contributed by atoms with van der Waals surface area (Å²) in [4.78, 5) is 34.6. The molecule has 0 aliphatic carbocycles. The fraction of sp³-hybridized carbons (Fsp3) is 0.850. The molecule has 0 saturated carbocycles. The maximum Gasteiger partial charge on any atom is 0.472 e. The average Bonchev–Trinajstić information content (AvgIpc) is 3.07. The zero-order valence-corrected chi connectivity index (χ0v) is 32.7. The number of ether oxygens (including phenoxy) is 2. The first-order chi connectivity index (χ1) is 23.8. The van der Waals surface area contributed by atoms with E-state index in [1.807, 2.05) is 0 Å². The van der Waals surface area contributed by atoms with Crippen molar-refractivity contribution >= 4 is 19.8 Å². The average molecular weight is 715 g/mol. The van der Waals surface area contributed by atoms with Gasteiger partial charge in [-0.2, -0.15) is 0 Å². The zero-order valence-electron chi connectivity index (χ0n) is 31.9. The first-order valence-electron chi connectivity index (χ1n) is 20.1. The van der Waals surface area contributed by atoms with E-state index in [0.717, 1.165) is 51.4 Å². The van der Waals surface area contributed by atoms with Crippen LogP contribution in [0.4, 0.5) is 0 Å². The van der Waals surface area contributed by atoms with Crippen LogP contribution in [0.15, 0.2) is 24.3 Å². The lowest BCUT2D eigenvalue weighted by atomic mass is 10.0. The van der Waals surface area contributed by atoms with E-state index in [4.69, 9.17) is 18.5 Å². The molecule has 0 fully saturated rings. The van der Waals surface area contributed by atoms with Crippen LogP contribution in [0, 0.1) is 0 Å². The van der Waals surface area contributed by atoms with Crippen molar-refractivity contribution in [2.75, 3.05) is 19.8 Å². The lowest BCUT2D eigenvalue weighted by Crippen LogP contribution is -2.29. The van der Waals surface area contributed by atoms with Gasteiger partial charge in [-0.3, -0.25) is 18.6 Å². The van der Waals surface area contributed by atoms with E-state index in [0.29, 0.717) is 12.8 Å². The Balaban J connectivity index is 4.12. The molecule has 288 valence electrons. The molecule has 0 aliphatic heterocycles. The summed E-state index contributed by atoms with van der Waals surface area (Å²) >= 11 is 0. The third-order valence-corrected chi connectivity index (χ3v) is 9.57. The lowest BCUT2D eigenvalue weighted by molar-refractivity contribution is -0.161. The van der Waals surface area contributed by atoms with Crippen molar-refractivity contribution < 1.29 is 37.6 Å². The van der Waals surface area contributed by atoms with E-state index >= 15 is 0 Å². The second-order valence-electron chi connectivity index (χ2n) is 13.3. The normalized spacial score (nSPS) is 13.6. The SMILES string of the molecule is CCCCC/C=C\C/C=C\CCCCCCCCCC(=O)OC(COC(=O)CCCCCCCCCCCCCC)COP(=O)(O)OCC. The summed E-state index contributed by atoms with van der Waals surface area (Å²) < 4.78 is 32.6. The van der Waals surface area contributed by atoms with Crippen LogP contribution >= 0.6 is 7.82 Å². The lowest BCUT2D eigenvalue weighted by Gasteiger charge is -2.19. The van der Waals surface area contributed by atoms with E-state index < -0.39 is 26.5 Å². The molecule has 0 bridgehead atoms. The Morgan fingerprint density at radius 2 is 0.980 bits per heavy atom. The molecule has 0 amide bonds. The number of phosphoric acid groups is 1. The molecule has 9 heteroatoms. The van der Waals surface area contributed by atoms with Gasteiger partial charge in [0.15, 0.2) is 6.10 Å². The van der Waals surface area contributed by atoms with Gasteiger partial charge in [0.05, 0.1) is 13.2 Å². The van der Waals surface area contributed by atoms with Crippen LogP contribution in [0.5, 0.6) is 0 Å². The summed E-state index contributed by atoms with van der Waals surface area (Å²) in [6.45, 7) is 5.44. The van der Waals surface area contributed by atoms with Gasteiger partial charge in [0.1, 0.15) is 6.61 Å². The molecule has 2 unspecified atom stereocenters. The molecule has 0 spiro atoms. The van der Waals surface area contributed by atoms with E-state index in [9.17, 15) is 19.0 Å². The molecule has 0 aromatic heterocycles. The maximum absolute atomic E-state index is 12.5. The molecule has 1 N–H and O–H groups in total. The van der Waals surface area contributed by atoms with Crippen LogP contribution in [-0.4, -0.2) is 42.8 Å². The fourth-order valence-corrected chi connectivity index (χ4v) is 6.30.